The Bertz CT molecular complexity index is 1240. The van der Waals surface area contributed by atoms with E-state index in [9.17, 15) is 14.0 Å². The Morgan fingerprint density at radius 3 is 2.74 bits per heavy atom. The van der Waals surface area contributed by atoms with E-state index in [-0.39, 0.29) is 30.1 Å². The summed E-state index contributed by atoms with van der Waals surface area (Å²) in [4.78, 5) is 35.9. The normalized spacial score (nSPS) is 20.1. The molecule has 182 valence electrons. The largest absolute Gasteiger partial charge is 0.361 e. The molecule has 2 amide bonds. The number of amidine groups is 1. The first-order chi connectivity index (χ1) is 17.1. The number of benzene rings is 2. The first-order valence-electron chi connectivity index (χ1n) is 12.2. The Morgan fingerprint density at radius 1 is 1.14 bits per heavy atom. The second-order valence-corrected chi connectivity index (χ2v) is 10.3. The van der Waals surface area contributed by atoms with Gasteiger partial charge in [-0.3, -0.25) is 19.5 Å². The zero-order chi connectivity index (χ0) is 24.2. The number of nitrogens with zero attached hydrogens (tertiary/aromatic N) is 2. The number of H-pyrrole nitrogens is 1. The molecule has 1 saturated heterocycles. The first kappa shape index (κ1) is 23.6. The van der Waals surface area contributed by atoms with E-state index in [1.165, 1.54) is 30.3 Å². The van der Waals surface area contributed by atoms with Gasteiger partial charge in [0.05, 0.1) is 6.04 Å². The van der Waals surface area contributed by atoms with Crippen LogP contribution in [-0.4, -0.2) is 44.7 Å². The molecule has 1 aliphatic carbocycles. The molecule has 3 aromatic rings. The minimum absolute atomic E-state index is 0.0707. The van der Waals surface area contributed by atoms with E-state index in [4.69, 9.17) is 4.99 Å². The number of nitrogens with one attached hydrogen (secondary N) is 2. The molecular weight excluding hydrogens is 463 g/mol. The smallest absolute Gasteiger partial charge is 0.242 e. The zero-order valence-electron chi connectivity index (χ0n) is 19.5. The molecule has 1 saturated carbocycles. The average Bonchev–Trinajstić information content (AvgIpc) is 3.38. The summed E-state index contributed by atoms with van der Waals surface area (Å²) in [6, 6.07) is 14.2. The van der Waals surface area contributed by atoms with Gasteiger partial charge in [0.15, 0.2) is 5.17 Å². The molecule has 0 radical (unpaired) electrons. The van der Waals surface area contributed by atoms with E-state index >= 15 is 0 Å². The van der Waals surface area contributed by atoms with Gasteiger partial charge in [0, 0.05) is 35.8 Å². The Kier molecular flexibility index (Phi) is 7.18. The maximum atomic E-state index is 13.6. The second-order valence-electron chi connectivity index (χ2n) is 9.17. The fourth-order valence-corrected chi connectivity index (χ4v) is 6.05. The molecule has 6 nitrogen and oxygen atoms in total. The van der Waals surface area contributed by atoms with Gasteiger partial charge in [-0.05, 0) is 55.2 Å². The third kappa shape index (κ3) is 5.59. The molecule has 5 rings (SSSR count). The number of fused-ring (bicyclic) bond motifs is 1. The first-order valence-corrected chi connectivity index (χ1v) is 13.1. The van der Waals surface area contributed by atoms with Crippen molar-refractivity contribution in [2.24, 2.45) is 4.99 Å². The predicted molar refractivity (Wildman–Crippen MR) is 139 cm³/mol. The number of para-hydroxylation sites is 1. The molecule has 2 heterocycles. The highest BCUT2D eigenvalue weighted by Gasteiger charge is 2.39. The quantitative estimate of drug-likeness (QED) is 0.457. The Labute approximate surface area is 208 Å². The van der Waals surface area contributed by atoms with E-state index in [1.54, 1.807) is 11.0 Å². The topological polar surface area (TPSA) is 77.6 Å². The van der Waals surface area contributed by atoms with Crippen LogP contribution in [0.5, 0.6) is 0 Å². The summed E-state index contributed by atoms with van der Waals surface area (Å²) in [7, 11) is 0. The second kappa shape index (κ2) is 10.6. The SMILES string of the molecule is O=C(CC1SC(=NC2CCCCC2)N(CCc2c[nH]c3cc(F)ccc23)C1=O)Nc1ccccc1. The van der Waals surface area contributed by atoms with Crippen molar-refractivity contribution in [1.29, 1.82) is 0 Å². The van der Waals surface area contributed by atoms with Crippen LogP contribution in [0.2, 0.25) is 0 Å². The number of carbonyl (C=O) groups excluding carboxylic acids is 2. The molecule has 2 aromatic carbocycles. The molecule has 35 heavy (non-hydrogen) atoms. The summed E-state index contributed by atoms with van der Waals surface area (Å²) < 4.78 is 13.6. The van der Waals surface area contributed by atoms with Crippen LogP contribution < -0.4 is 5.32 Å². The standard InChI is InChI=1S/C27H29FN4O2S/c28-19-11-12-22-18(17-29-23(22)15-19)13-14-32-26(34)24(16-25(33)30-20-7-3-1-4-8-20)35-27(32)31-21-9-5-2-6-10-21/h1,3-4,7-8,11-12,15,17,21,24,29H,2,5-6,9-10,13-14,16H2,(H,30,33). The number of aromatic amines is 1. The molecule has 8 heteroatoms. The third-order valence-electron chi connectivity index (χ3n) is 6.65. The average molecular weight is 493 g/mol. The monoisotopic (exact) mass is 492 g/mol. The predicted octanol–water partition coefficient (Wildman–Crippen LogP) is 5.51. The number of thioether (sulfide) groups is 1. The van der Waals surface area contributed by atoms with Crippen molar-refractivity contribution >= 4 is 45.3 Å². The van der Waals surface area contributed by atoms with Crippen LogP contribution in [0.4, 0.5) is 10.1 Å². The molecule has 1 unspecified atom stereocenters. The maximum absolute atomic E-state index is 13.6. The highest BCUT2D eigenvalue weighted by molar-refractivity contribution is 8.15. The minimum Gasteiger partial charge on any atom is -0.361 e. The van der Waals surface area contributed by atoms with Crippen molar-refractivity contribution in [3.8, 4) is 0 Å². The molecule has 2 aliphatic rings. The highest BCUT2D eigenvalue weighted by Crippen LogP contribution is 2.33. The van der Waals surface area contributed by atoms with E-state index < -0.39 is 5.25 Å². The lowest BCUT2D eigenvalue weighted by atomic mass is 9.96. The van der Waals surface area contributed by atoms with Crippen LogP contribution in [0.25, 0.3) is 10.9 Å². The van der Waals surface area contributed by atoms with Crippen LogP contribution in [0, 0.1) is 5.82 Å². The number of aliphatic imine (C=N–C) groups is 1. The Hall–Kier alpha value is -3.13. The number of aromatic nitrogens is 1. The van der Waals surface area contributed by atoms with E-state index in [0.29, 0.717) is 13.0 Å². The lowest BCUT2D eigenvalue weighted by Gasteiger charge is -2.21. The molecule has 0 bridgehead atoms. The van der Waals surface area contributed by atoms with Crippen molar-refractivity contribution in [1.82, 2.24) is 9.88 Å². The van der Waals surface area contributed by atoms with Crippen LogP contribution in [-0.2, 0) is 16.0 Å². The number of hydrogen-bond donors (Lipinski definition) is 2. The van der Waals surface area contributed by atoms with Crippen molar-refractivity contribution < 1.29 is 14.0 Å². The highest BCUT2D eigenvalue weighted by atomic mass is 32.2. The third-order valence-corrected chi connectivity index (χ3v) is 7.84. The molecule has 2 fully saturated rings. The van der Waals surface area contributed by atoms with Gasteiger partial charge in [-0.15, -0.1) is 0 Å². The summed E-state index contributed by atoms with van der Waals surface area (Å²) in [6.07, 6.45) is 8.23. The summed E-state index contributed by atoms with van der Waals surface area (Å²) in [6.45, 7) is 0.471. The van der Waals surface area contributed by atoms with Gasteiger partial charge in [-0.25, -0.2) is 4.39 Å². The number of amides is 2. The molecular formula is C27H29FN4O2S. The summed E-state index contributed by atoms with van der Waals surface area (Å²) in [5.74, 6) is -0.534. The maximum Gasteiger partial charge on any atom is 0.242 e. The lowest BCUT2D eigenvalue weighted by Crippen LogP contribution is -2.35. The fourth-order valence-electron chi connectivity index (χ4n) is 4.81. The van der Waals surface area contributed by atoms with Gasteiger partial charge in [0.1, 0.15) is 11.1 Å². The number of carbonyl (C=O) groups is 2. The van der Waals surface area contributed by atoms with Gasteiger partial charge in [-0.1, -0.05) is 49.2 Å². The molecule has 0 spiro atoms. The zero-order valence-corrected chi connectivity index (χ0v) is 20.3. The number of hydrogen-bond acceptors (Lipinski definition) is 4. The van der Waals surface area contributed by atoms with Crippen molar-refractivity contribution in [3.05, 3.63) is 66.1 Å². The number of anilines is 1. The Balaban J connectivity index is 1.31. The van der Waals surface area contributed by atoms with Gasteiger partial charge in [-0.2, -0.15) is 0 Å². The minimum atomic E-state index is -0.488. The van der Waals surface area contributed by atoms with Gasteiger partial charge in [0.2, 0.25) is 11.8 Å². The van der Waals surface area contributed by atoms with E-state index in [2.05, 4.69) is 10.3 Å². The summed E-state index contributed by atoms with van der Waals surface area (Å²) in [5, 5.41) is 4.08. The van der Waals surface area contributed by atoms with Gasteiger partial charge >= 0.3 is 0 Å². The van der Waals surface area contributed by atoms with Crippen molar-refractivity contribution in [3.63, 3.8) is 0 Å². The van der Waals surface area contributed by atoms with Gasteiger partial charge < -0.3 is 10.3 Å². The number of rotatable bonds is 7. The molecule has 1 aromatic heterocycles. The van der Waals surface area contributed by atoms with Crippen molar-refractivity contribution in [2.45, 2.75) is 56.2 Å². The van der Waals surface area contributed by atoms with E-state index in [0.717, 1.165) is 53.0 Å². The summed E-state index contributed by atoms with van der Waals surface area (Å²) >= 11 is 1.41. The fraction of sp³-hybridized carbons (Fsp3) is 0.370. The van der Waals surface area contributed by atoms with Crippen LogP contribution in [0.3, 0.4) is 0 Å². The number of halogens is 1. The van der Waals surface area contributed by atoms with Crippen molar-refractivity contribution in [2.75, 3.05) is 11.9 Å². The van der Waals surface area contributed by atoms with Crippen LogP contribution >= 0.6 is 11.8 Å². The molecule has 1 aliphatic heterocycles. The summed E-state index contributed by atoms with van der Waals surface area (Å²) in [5.41, 5.74) is 2.49. The van der Waals surface area contributed by atoms with E-state index in [1.807, 2.05) is 36.5 Å². The molecule has 2 N–H and O–H groups in total. The van der Waals surface area contributed by atoms with Crippen LogP contribution in [0.1, 0.15) is 44.1 Å². The Morgan fingerprint density at radius 2 is 1.94 bits per heavy atom. The molecule has 1 atom stereocenters. The lowest BCUT2D eigenvalue weighted by molar-refractivity contribution is -0.128. The van der Waals surface area contributed by atoms with Gasteiger partial charge in [0.25, 0.3) is 0 Å². The van der Waals surface area contributed by atoms with Crippen LogP contribution in [0.15, 0.2) is 59.7 Å².